The Kier molecular flexibility index (Phi) is 66.0. The molecular formula is C73H135NO5. The van der Waals surface area contributed by atoms with Crippen molar-refractivity contribution in [1.82, 2.24) is 5.32 Å². The Hall–Kier alpha value is -2.44. The van der Waals surface area contributed by atoms with Crippen molar-refractivity contribution in [2.45, 2.75) is 379 Å². The molecule has 0 aliphatic heterocycles. The molecule has 0 aromatic rings. The van der Waals surface area contributed by atoms with E-state index in [0.717, 1.165) is 57.8 Å². The lowest BCUT2D eigenvalue weighted by Gasteiger charge is -2.20. The number of carbonyl (C=O) groups excluding carboxylic acids is 2. The number of ether oxygens (including phenoxy) is 1. The molecule has 0 saturated heterocycles. The van der Waals surface area contributed by atoms with Crippen molar-refractivity contribution in [1.29, 1.82) is 0 Å². The van der Waals surface area contributed by atoms with E-state index in [1.165, 1.54) is 283 Å². The van der Waals surface area contributed by atoms with Crippen LogP contribution in [0.2, 0.25) is 0 Å². The van der Waals surface area contributed by atoms with E-state index in [9.17, 15) is 19.8 Å². The van der Waals surface area contributed by atoms with Gasteiger partial charge in [0.05, 0.1) is 25.4 Å². The summed E-state index contributed by atoms with van der Waals surface area (Å²) in [6.45, 7) is 4.89. The lowest BCUT2D eigenvalue weighted by Crippen LogP contribution is -2.45. The summed E-state index contributed by atoms with van der Waals surface area (Å²) in [5, 5.41) is 23.2. The molecule has 3 N–H and O–H groups in total. The molecule has 1 amide bonds. The maximum atomic E-state index is 12.5. The van der Waals surface area contributed by atoms with Crippen LogP contribution in [0, 0.1) is 0 Å². The van der Waals surface area contributed by atoms with Crippen LogP contribution in [0.1, 0.15) is 367 Å². The van der Waals surface area contributed by atoms with Crippen LogP contribution in [-0.4, -0.2) is 47.4 Å². The number of aliphatic hydroxyl groups excluding tert-OH is 2. The first-order chi connectivity index (χ1) is 39.0. The molecule has 2 unspecified atom stereocenters. The van der Waals surface area contributed by atoms with Crippen LogP contribution < -0.4 is 5.32 Å². The second kappa shape index (κ2) is 68.1. The molecule has 0 rings (SSSR count). The van der Waals surface area contributed by atoms with Crippen LogP contribution in [-0.2, 0) is 14.3 Å². The van der Waals surface area contributed by atoms with E-state index in [1.54, 1.807) is 6.08 Å². The number of esters is 1. The lowest BCUT2D eigenvalue weighted by atomic mass is 10.0. The molecule has 6 nitrogen and oxygen atoms in total. The van der Waals surface area contributed by atoms with Crippen molar-refractivity contribution < 1.29 is 24.5 Å². The minimum absolute atomic E-state index is 0.00634. The first-order valence-corrected chi connectivity index (χ1v) is 35.1. The summed E-state index contributed by atoms with van der Waals surface area (Å²) in [7, 11) is 0. The summed E-state index contributed by atoms with van der Waals surface area (Å²) >= 11 is 0. The fourth-order valence-electron chi connectivity index (χ4n) is 10.6. The van der Waals surface area contributed by atoms with E-state index in [0.29, 0.717) is 19.4 Å². The van der Waals surface area contributed by atoms with Crippen molar-refractivity contribution in [2.75, 3.05) is 13.2 Å². The Morgan fingerprint density at radius 1 is 0.354 bits per heavy atom. The van der Waals surface area contributed by atoms with Crippen LogP contribution in [0.3, 0.4) is 0 Å². The van der Waals surface area contributed by atoms with Crippen molar-refractivity contribution in [3.8, 4) is 0 Å². The highest BCUT2D eigenvalue weighted by Gasteiger charge is 2.18. The van der Waals surface area contributed by atoms with E-state index < -0.39 is 12.1 Å². The molecule has 2 atom stereocenters. The van der Waals surface area contributed by atoms with Crippen LogP contribution in [0.25, 0.3) is 0 Å². The lowest BCUT2D eigenvalue weighted by molar-refractivity contribution is -0.143. The van der Waals surface area contributed by atoms with Gasteiger partial charge in [0, 0.05) is 12.8 Å². The van der Waals surface area contributed by atoms with Crippen molar-refractivity contribution in [3.05, 3.63) is 60.8 Å². The van der Waals surface area contributed by atoms with E-state index >= 15 is 0 Å². The molecule has 6 heteroatoms. The van der Waals surface area contributed by atoms with Gasteiger partial charge in [-0.2, -0.15) is 0 Å². The third-order valence-electron chi connectivity index (χ3n) is 16.0. The van der Waals surface area contributed by atoms with Gasteiger partial charge in [0.1, 0.15) is 0 Å². The predicted octanol–water partition coefficient (Wildman–Crippen LogP) is 22.6. The molecule has 0 heterocycles. The van der Waals surface area contributed by atoms with Crippen molar-refractivity contribution in [2.24, 2.45) is 0 Å². The zero-order valence-corrected chi connectivity index (χ0v) is 52.9. The van der Waals surface area contributed by atoms with Gasteiger partial charge < -0.3 is 20.3 Å². The molecule has 0 bridgehead atoms. The summed E-state index contributed by atoms with van der Waals surface area (Å²) in [4.78, 5) is 24.6. The molecule has 0 spiro atoms. The highest BCUT2D eigenvalue weighted by molar-refractivity contribution is 5.76. The quantitative estimate of drug-likeness (QED) is 0.0320. The molecule has 462 valence electrons. The van der Waals surface area contributed by atoms with Crippen LogP contribution in [0.5, 0.6) is 0 Å². The van der Waals surface area contributed by atoms with E-state index in [-0.39, 0.29) is 18.5 Å². The molecule has 0 aromatic heterocycles. The van der Waals surface area contributed by atoms with E-state index in [2.05, 4.69) is 67.8 Å². The minimum Gasteiger partial charge on any atom is -0.466 e. The molecule has 0 aromatic carbocycles. The molecule has 0 aliphatic rings. The average molecular weight is 1110 g/mol. The smallest absolute Gasteiger partial charge is 0.305 e. The zero-order valence-electron chi connectivity index (χ0n) is 52.9. The number of aliphatic hydroxyl groups is 2. The topological polar surface area (TPSA) is 95.9 Å². The average Bonchev–Trinajstić information content (AvgIpc) is 3.45. The minimum atomic E-state index is -0.848. The Balaban J connectivity index is 3.43. The number of amides is 1. The van der Waals surface area contributed by atoms with Crippen LogP contribution >= 0.6 is 0 Å². The van der Waals surface area contributed by atoms with Gasteiger partial charge in [-0.25, -0.2) is 0 Å². The highest BCUT2D eigenvalue weighted by Crippen LogP contribution is 2.17. The van der Waals surface area contributed by atoms with Gasteiger partial charge in [-0.1, -0.05) is 319 Å². The second-order valence-corrected chi connectivity index (χ2v) is 23.9. The first-order valence-electron chi connectivity index (χ1n) is 35.1. The van der Waals surface area contributed by atoms with Gasteiger partial charge in [0.2, 0.25) is 5.91 Å². The van der Waals surface area contributed by atoms with Crippen LogP contribution in [0.15, 0.2) is 60.8 Å². The van der Waals surface area contributed by atoms with Gasteiger partial charge >= 0.3 is 5.97 Å². The maximum Gasteiger partial charge on any atom is 0.305 e. The van der Waals surface area contributed by atoms with Crippen molar-refractivity contribution >= 4 is 11.9 Å². The second-order valence-electron chi connectivity index (χ2n) is 23.9. The number of allylic oxidation sites excluding steroid dienone is 9. The largest absolute Gasteiger partial charge is 0.466 e. The third-order valence-corrected chi connectivity index (χ3v) is 16.0. The van der Waals surface area contributed by atoms with Crippen molar-refractivity contribution in [3.63, 3.8) is 0 Å². The monoisotopic (exact) mass is 1110 g/mol. The molecule has 0 aliphatic carbocycles. The Bertz CT molecular complexity index is 1370. The van der Waals surface area contributed by atoms with Gasteiger partial charge in [-0.3, -0.25) is 9.59 Å². The third kappa shape index (κ3) is 64.6. The molecule has 0 saturated carbocycles. The molecule has 79 heavy (non-hydrogen) atoms. The van der Waals surface area contributed by atoms with Gasteiger partial charge in [-0.15, -0.1) is 0 Å². The standard InChI is InChI=1S/C73H135NO5/c1-3-5-7-9-11-13-15-17-19-21-31-35-39-43-47-51-55-59-63-67-73(78)79-68-64-60-56-52-48-44-40-36-33-30-28-26-24-22-23-25-27-29-32-34-38-42-46-50-54-58-62-66-72(77)74-70(69-75)71(76)65-61-57-53-49-45-41-37-20-18-16-14-12-10-8-6-4-2/h11,13,17,19,22-23,26,28,61,65,70-71,75-76H,3-10,12,14-16,18,20-21,24-25,27,29-60,62-64,66-69H2,1-2H3,(H,74,77)/b13-11-,19-17-,23-22-,28-26-,65-61+. The number of hydrogen-bond donors (Lipinski definition) is 3. The summed E-state index contributed by atoms with van der Waals surface area (Å²) in [5.74, 6) is -0.0635. The summed E-state index contributed by atoms with van der Waals surface area (Å²) in [5.41, 5.74) is 0. The first kappa shape index (κ1) is 76.6. The molecule has 0 fully saturated rings. The number of unbranched alkanes of at least 4 members (excludes halogenated alkanes) is 46. The van der Waals surface area contributed by atoms with Gasteiger partial charge in [-0.05, 0) is 96.3 Å². The fourth-order valence-corrected chi connectivity index (χ4v) is 10.6. The Labute approximate surface area is 492 Å². The molecule has 0 radical (unpaired) electrons. The van der Waals surface area contributed by atoms with E-state index in [4.69, 9.17) is 4.74 Å². The highest BCUT2D eigenvalue weighted by atomic mass is 16.5. The summed E-state index contributed by atoms with van der Waals surface area (Å²) in [6, 6.07) is -0.632. The van der Waals surface area contributed by atoms with Gasteiger partial charge in [0.15, 0.2) is 0 Å². The van der Waals surface area contributed by atoms with Gasteiger partial charge in [0.25, 0.3) is 0 Å². The Morgan fingerprint density at radius 3 is 0.987 bits per heavy atom. The Morgan fingerprint density at radius 2 is 0.633 bits per heavy atom. The SMILES string of the molecule is CCCCC/C=C\C/C=C\CCCCCCCCCCCC(=O)OCCCCCCCCCCC/C=C\C/C=C\CCCCCCCCCCCCCC(=O)NC(CO)C(O)/C=C/CCCCCCCCCCCCCCCC. The summed E-state index contributed by atoms with van der Waals surface area (Å²) < 4.78 is 5.50. The van der Waals surface area contributed by atoms with E-state index in [1.807, 2.05) is 6.08 Å². The zero-order chi connectivity index (χ0) is 57.1. The predicted molar refractivity (Wildman–Crippen MR) is 347 cm³/mol. The maximum absolute atomic E-state index is 12.5. The van der Waals surface area contributed by atoms with Crippen LogP contribution in [0.4, 0.5) is 0 Å². The number of nitrogens with one attached hydrogen (secondary N) is 1. The summed E-state index contributed by atoms with van der Waals surface area (Å²) in [6.07, 6.45) is 90.0. The fraction of sp³-hybridized carbons (Fsp3) is 0.836. The number of carbonyl (C=O) groups is 2. The molecular weight excluding hydrogens is 971 g/mol. The number of hydrogen-bond acceptors (Lipinski definition) is 5. The number of rotatable bonds is 65. The normalized spacial score (nSPS) is 12.9.